The van der Waals surface area contributed by atoms with Crippen LogP contribution in [-0.2, 0) is 20.8 Å². The van der Waals surface area contributed by atoms with Gasteiger partial charge in [-0.15, -0.1) is 0 Å². The Morgan fingerprint density at radius 2 is 1.71 bits per heavy atom. The second kappa shape index (κ2) is 8.91. The first-order valence-corrected chi connectivity index (χ1v) is 9.53. The highest BCUT2D eigenvalue weighted by atomic mass is 16.5. The summed E-state index contributed by atoms with van der Waals surface area (Å²) >= 11 is 0. The highest BCUT2D eigenvalue weighted by Gasteiger charge is 2.46. The molecule has 1 aromatic carbocycles. The highest BCUT2D eigenvalue weighted by molar-refractivity contribution is 6.05. The summed E-state index contributed by atoms with van der Waals surface area (Å²) in [6.07, 6.45) is 5.90. The van der Waals surface area contributed by atoms with E-state index in [2.05, 4.69) is 5.32 Å². The van der Waals surface area contributed by atoms with Crippen molar-refractivity contribution in [2.75, 3.05) is 27.3 Å². The van der Waals surface area contributed by atoms with Crippen molar-refractivity contribution in [3.05, 3.63) is 35.9 Å². The lowest BCUT2D eigenvalue weighted by atomic mass is 9.85. The molecular weight excluding hydrogens is 360 g/mol. The maximum Gasteiger partial charge on any atom is 0.233 e. The fourth-order valence-electron chi connectivity index (χ4n) is 3.77. The van der Waals surface area contributed by atoms with Gasteiger partial charge in [-0.3, -0.25) is 19.3 Å². The largest absolute Gasteiger partial charge is 0.493 e. The molecule has 0 radical (unpaired) electrons. The van der Waals surface area contributed by atoms with E-state index in [4.69, 9.17) is 9.47 Å². The molecule has 2 atom stereocenters. The van der Waals surface area contributed by atoms with Gasteiger partial charge in [0.25, 0.3) is 0 Å². The van der Waals surface area contributed by atoms with Crippen molar-refractivity contribution < 1.29 is 23.9 Å². The van der Waals surface area contributed by atoms with Gasteiger partial charge in [-0.1, -0.05) is 18.2 Å². The minimum Gasteiger partial charge on any atom is -0.493 e. The molecule has 3 rings (SSSR count). The van der Waals surface area contributed by atoms with E-state index in [1.54, 1.807) is 14.2 Å². The average Bonchev–Trinajstić information content (AvgIpc) is 2.96. The quantitative estimate of drug-likeness (QED) is 0.543. The topological polar surface area (TPSA) is 84.9 Å². The summed E-state index contributed by atoms with van der Waals surface area (Å²) in [5.74, 6) is 0.361. The number of ether oxygens (including phenoxy) is 2. The van der Waals surface area contributed by atoms with Gasteiger partial charge >= 0.3 is 0 Å². The monoisotopic (exact) mass is 386 g/mol. The third-order valence-corrected chi connectivity index (χ3v) is 5.35. The second-order valence-corrected chi connectivity index (χ2v) is 7.02. The van der Waals surface area contributed by atoms with Crippen LogP contribution in [-0.4, -0.2) is 49.9 Å². The van der Waals surface area contributed by atoms with Gasteiger partial charge in [-0.2, -0.15) is 0 Å². The van der Waals surface area contributed by atoms with E-state index in [0.717, 1.165) is 5.56 Å². The second-order valence-electron chi connectivity index (χ2n) is 7.02. The number of hydrogen-bond acceptors (Lipinski definition) is 5. The van der Waals surface area contributed by atoms with Crippen LogP contribution >= 0.6 is 0 Å². The van der Waals surface area contributed by atoms with Crippen LogP contribution in [0.2, 0.25) is 0 Å². The Labute approximate surface area is 164 Å². The Hall–Kier alpha value is -2.83. The summed E-state index contributed by atoms with van der Waals surface area (Å²) < 4.78 is 10.5. The number of imide groups is 1. The van der Waals surface area contributed by atoms with Crippen LogP contribution in [0.1, 0.15) is 24.8 Å². The number of likely N-dealkylation sites (tertiary alicyclic amines) is 1. The predicted octanol–water partition coefficient (Wildman–Crippen LogP) is 1.70. The van der Waals surface area contributed by atoms with Crippen molar-refractivity contribution in [2.24, 2.45) is 11.8 Å². The molecule has 1 N–H and O–H groups in total. The van der Waals surface area contributed by atoms with Gasteiger partial charge in [0.15, 0.2) is 11.5 Å². The molecule has 3 amide bonds. The van der Waals surface area contributed by atoms with Gasteiger partial charge in [0.1, 0.15) is 0 Å². The van der Waals surface area contributed by atoms with Gasteiger partial charge < -0.3 is 14.8 Å². The Balaban J connectivity index is 1.44. The van der Waals surface area contributed by atoms with Crippen LogP contribution in [0.5, 0.6) is 11.5 Å². The number of nitrogens with zero attached hydrogens (tertiary/aromatic N) is 1. The van der Waals surface area contributed by atoms with Crippen molar-refractivity contribution in [3.8, 4) is 11.5 Å². The van der Waals surface area contributed by atoms with E-state index >= 15 is 0 Å². The molecular formula is C21H26N2O5. The summed E-state index contributed by atoms with van der Waals surface area (Å²) in [6, 6.07) is 5.63. The van der Waals surface area contributed by atoms with Gasteiger partial charge in [-0.05, 0) is 37.0 Å². The number of fused-ring (bicyclic) bond motifs is 1. The molecule has 0 aromatic heterocycles. The number of methoxy groups -OCH3 is 2. The first-order valence-electron chi connectivity index (χ1n) is 9.53. The number of rotatable bonds is 8. The molecule has 0 bridgehead atoms. The fraction of sp³-hybridized carbons (Fsp3) is 0.476. The number of amides is 3. The Morgan fingerprint density at radius 3 is 2.32 bits per heavy atom. The number of allylic oxidation sites excluding steroid dienone is 2. The van der Waals surface area contributed by atoms with E-state index in [1.165, 1.54) is 4.90 Å². The minimum absolute atomic E-state index is 0.121. The summed E-state index contributed by atoms with van der Waals surface area (Å²) in [6.45, 7) is 0.609. The maximum absolute atomic E-state index is 12.4. The SMILES string of the molecule is COc1ccc(CCNC(=O)CCN2C(=O)[C@H]3CC=CC[C@@H]3C2=O)cc1OC. The van der Waals surface area contributed by atoms with Crippen molar-refractivity contribution in [3.63, 3.8) is 0 Å². The smallest absolute Gasteiger partial charge is 0.233 e. The Bertz CT molecular complexity index is 763. The molecule has 1 heterocycles. The normalized spacial score (nSPS) is 20.9. The van der Waals surface area contributed by atoms with Crippen LogP contribution in [0.4, 0.5) is 0 Å². The molecule has 1 saturated heterocycles. The minimum atomic E-state index is -0.245. The van der Waals surface area contributed by atoms with Crippen molar-refractivity contribution in [1.29, 1.82) is 0 Å². The van der Waals surface area contributed by atoms with Crippen molar-refractivity contribution in [2.45, 2.75) is 25.7 Å². The Kier molecular flexibility index (Phi) is 6.34. The molecule has 1 aliphatic carbocycles. The van der Waals surface area contributed by atoms with Gasteiger partial charge in [0.2, 0.25) is 17.7 Å². The maximum atomic E-state index is 12.4. The molecule has 7 heteroatoms. The molecule has 7 nitrogen and oxygen atoms in total. The van der Waals surface area contributed by atoms with Crippen LogP contribution in [0.15, 0.2) is 30.4 Å². The van der Waals surface area contributed by atoms with Crippen LogP contribution < -0.4 is 14.8 Å². The number of carbonyl (C=O) groups is 3. The highest BCUT2D eigenvalue weighted by Crippen LogP contribution is 2.35. The van der Waals surface area contributed by atoms with Crippen LogP contribution in [0.25, 0.3) is 0 Å². The number of nitrogens with one attached hydrogen (secondary N) is 1. The standard InChI is InChI=1S/C21H26N2O5/c1-27-17-8-7-14(13-18(17)28-2)9-11-22-19(24)10-12-23-20(25)15-5-3-4-6-16(15)21(23)26/h3-4,7-8,13,15-16H,5-6,9-12H2,1-2H3,(H,22,24)/t15-,16-/m0/s1. The summed E-state index contributed by atoms with van der Waals surface area (Å²) in [4.78, 5) is 38.2. The van der Waals surface area contributed by atoms with Crippen LogP contribution in [0, 0.1) is 11.8 Å². The van der Waals surface area contributed by atoms with E-state index in [-0.39, 0.29) is 42.5 Å². The molecule has 28 heavy (non-hydrogen) atoms. The zero-order valence-corrected chi connectivity index (χ0v) is 16.3. The van der Waals surface area contributed by atoms with E-state index in [1.807, 2.05) is 30.4 Å². The molecule has 1 fully saturated rings. The zero-order chi connectivity index (χ0) is 20.1. The molecule has 1 aliphatic heterocycles. The molecule has 2 aliphatic rings. The van der Waals surface area contributed by atoms with Crippen molar-refractivity contribution >= 4 is 17.7 Å². The summed E-state index contributed by atoms with van der Waals surface area (Å²) in [5, 5.41) is 2.84. The Morgan fingerprint density at radius 1 is 1.07 bits per heavy atom. The van der Waals surface area contributed by atoms with Gasteiger partial charge in [0, 0.05) is 19.5 Å². The number of benzene rings is 1. The molecule has 0 unspecified atom stereocenters. The molecule has 150 valence electrons. The molecule has 0 spiro atoms. The van der Waals surface area contributed by atoms with Gasteiger partial charge in [0.05, 0.1) is 26.1 Å². The summed E-state index contributed by atoms with van der Waals surface area (Å²) in [7, 11) is 3.16. The molecule has 0 saturated carbocycles. The zero-order valence-electron chi connectivity index (χ0n) is 16.3. The first kappa shape index (κ1) is 19.9. The lowest BCUT2D eigenvalue weighted by molar-refractivity contribution is -0.140. The summed E-state index contributed by atoms with van der Waals surface area (Å²) in [5.41, 5.74) is 1.01. The van der Waals surface area contributed by atoms with E-state index in [0.29, 0.717) is 37.3 Å². The lowest BCUT2D eigenvalue weighted by Crippen LogP contribution is -2.35. The van der Waals surface area contributed by atoms with E-state index < -0.39 is 0 Å². The van der Waals surface area contributed by atoms with Crippen molar-refractivity contribution in [1.82, 2.24) is 10.2 Å². The van der Waals surface area contributed by atoms with Gasteiger partial charge in [-0.25, -0.2) is 0 Å². The predicted molar refractivity (Wildman–Crippen MR) is 103 cm³/mol. The lowest BCUT2D eigenvalue weighted by Gasteiger charge is -2.14. The fourth-order valence-corrected chi connectivity index (χ4v) is 3.77. The first-order chi connectivity index (χ1) is 13.5. The van der Waals surface area contributed by atoms with E-state index in [9.17, 15) is 14.4 Å². The molecule has 1 aromatic rings. The number of carbonyl (C=O) groups excluding carboxylic acids is 3. The average molecular weight is 386 g/mol. The number of hydrogen-bond donors (Lipinski definition) is 1. The third kappa shape index (κ3) is 4.18. The third-order valence-electron chi connectivity index (χ3n) is 5.35. The van der Waals surface area contributed by atoms with Crippen LogP contribution in [0.3, 0.4) is 0 Å².